The molecule has 8 nitrogen and oxygen atoms in total. The molecule has 0 unspecified atom stereocenters. The minimum Gasteiger partial charge on any atom is -0.345 e. The Morgan fingerprint density at radius 3 is 2.69 bits per heavy atom. The number of nitrogens with one attached hydrogen (secondary N) is 2. The van der Waals surface area contributed by atoms with Crippen LogP contribution in [0.1, 0.15) is 18.8 Å². The van der Waals surface area contributed by atoms with E-state index in [1.54, 1.807) is 24.3 Å². The summed E-state index contributed by atoms with van der Waals surface area (Å²) >= 11 is 0. The summed E-state index contributed by atoms with van der Waals surface area (Å²) in [6, 6.07) is 14.2. The summed E-state index contributed by atoms with van der Waals surface area (Å²) in [5, 5.41) is 11.1. The minimum atomic E-state index is -0.345. The van der Waals surface area contributed by atoms with E-state index in [-0.39, 0.29) is 24.1 Å². The van der Waals surface area contributed by atoms with Crippen molar-refractivity contribution in [2.45, 2.75) is 19.5 Å². The Kier molecular flexibility index (Phi) is 3.92. The molecule has 0 saturated carbocycles. The molecule has 2 aromatic carbocycles. The molecule has 0 aliphatic rings. The summed E-state index contributed by atoms with van der Waals surface area (Å²) in [5.41, 5.74) is 1.90. The third-order valence-corrected chi connectivity index (χ3v) is 4.12. The zero-order valence-electron chi connectivity index (χ0n) is 14.0. The van der Waals surface area contributed by atoms with Gasteiger partial charge in [0.15, 0.2) is 0 Å². The fourth-order valence-electron chi connectivity index (χ4n) is 2.80. The number of carbonyl (C=O) groups excluding carboxylic acids is 1. The van der Waals surface area contributed by atoms with E-state index in [0.717, 1.165) is 15.7 Å². The van der Waals surface area contributed by atoms with Crippen LogP contribution in [0.15, 0.2) is 53.3 Å². The number of rotatable bonds is 4. The number of carbonyl (C=O) groups is 1. The van der Waals surface area contributed by atoms with E-state index < -0.39 is 0 Å². The summed E-state index contributed by atoms with van der Waals surface area (Å²) in [7, 11) is 0. The Morgan fingerprint density at radius 1 is 1.15 bits per heavy atom. The lowest BCUT2D eigenvalue weighted by Crippen LogP contribution is -2.35. The van der Waals surface area contributed by atoms with Gasteiger partial charge in [-0.05, 0) is 31.2 Å². The number of nitrogens with zero attached hydrogens (tertiary/aromatic N) is 4. The Hall–Kier alpha value is -3.55. The molecule has 26 heavy (non-hydrogen) atoms. The van der Waals surface area contributed by atoms with Gasteiger partial charge < -0.3 is 10.3 Å². The highest BCUT2D eigenvalue weighted by Crippen LogP contribution is 2.15. The molecular weight excluding hydrogens is 332 g/mol. The Balaban J connectivity index is 1.51. The molecule has 4 aromatic rings. The highest BCUT2D eigenvalue weighted by molar-refractivity contribution is 5.79. The second-order valence-corrected chi connectivity index (χ2v) is 6.00. The van der Waals surface area contributed by atoms with Crippen LogP contribution >= 0.6 is 0 Å². The molecule has 0 aliphatic heterocycles. The van der Waals surface area contributed by atoms with E-state index in [0.29, 0.717) is 16.7 Å². The maximum Gasteiger partial charge on any atom is 0.278 e. The molecule has 1 amide bonds. The predicted octanol–water partition coefficient (Wildman–Crippen LogP) is 1.55. The van der Waals surface area contributed by atoms with Crippen molar-refractivity contribution in [3.05, 3.63) is 64.7 Å². The van der Waals surface area contributed by atoms with E-state index in [1.165, 1.54) is 0 Å². The van der Waals surface area contributed by atoms with Crippen LogP contribution in [0.2, 0.25) is 0 Å². The quantitative estimate of drug-likeness (QED) is 0.582. The van der Waals surface area contributed by atoms with Gasteiger partial charge in [0.1, 0.15) is 17.9 Å². The number of aromatic amines is 1. The van der Waals surface area contributed by atoms with Gasteiger partial charge in [-0.15, -0.1) is 5.10 Å². The van der Waals surface area contributed by atoms with Gasteiger partial charge in [-0.2, -0.15) is 0 Å². The Morgan fingerprint density at radius 2 is 1.88 bits per heavy atom. The number of H-pyrrole nitrogens is 1. The zero-order valence-corrected chi connectivity index (χ0v) is 14.0. The van der Waals surface area contributed by atoms with Gasteiger partial charge in [-0.1, -0.05) is 29.5 Å². The number of hydrogen-bond donors (Lipinski definition) is 2. The van der Waals surface area contributed by atoms with Crippen molar-refractivity contribution >= 4 is 27.8 Å². The van der Waals surface area contributed by atoms with Gasteiger partial charge in [0.25, 0.3) is 5.56 Å². The van der Waals surface area contributed by atoms with Crippen molar-refractivity contribution in [2.24, 2.45) is 0 Å². The number of imidazole rings is 1. The molecule has 0 spiro atoms. The standard InChI is InChI=1S/C18H16N6O2/c1-11(17-20-14-8-4-5-9-15(14)21-17)19-16(25)10-24-18(26)12-6-2-3-7-13(12)22-23-24/h2-9,11H,10H2,1H3,(H,19,25)(H,20,21)/t11-/m1/s1. The smallest absolute Gasteiger partial charge is 0.278 e. The first-order valence-corrected chi connectivity index (χ1v) is 8.18. The molecule has 0 radical (unpaired) electrons. The second-order valence-electron chi connectivity index (χ2n) is 6.00. The normalized spacial score (nSPS) is 12.3. The Bertz CT molecular complexity index is 1130. The molecule has 2 N–H and O–H groups in total. The van der Waals surface area contributed by atoms with E-state index in [9.17, 15) is 9.59 Å². The average molecular weight is 348 g/mol. The first kappa shape index (κ1) is 15.9. The molecule has 2 aromatic heterocycles. The molecule has 4 rings (SSSR count). The van der Waals surface area contributed by atoms with Crippen LogP contribution in [0.4, 0.5) is 0 Å². The van der Waals surface area contributed by atoms with Gasteiger partial charge in [-0.25, -0.2) is 9.67 Å². The lowest BCUT2D eigenvalue weighted by molar-refractivity contribution is -0.122. The molecule has 1 atom stereocenters. The fraction of sp³-hybridized carbons (Fsp3) is 0.167. The third-order valence-electron chi connectivity index (χ3n) is 4.12. The number of amides is 1. The first-order chi connectivity index (χ1) is 12.6. The molecule has 0 fully saturated rings. The molecular formula is C18H16N6O2. The topological polar surface area (TPSA) is 106 Å². The molecule has 0 saturated heterocycles. The summed E-state index contributed by atoms with van der Waals surface area (Å²) in [6.45, 7) is 1.62. The van der Waals surface area contributed by atoms with E-state index >= 15 is 0 Å². The van der Waals surface area contributed by atoms with E-state index in [1.807, 2.05) is 31.2 Å². The van der Waals surface area contributed by atoms with Crippen molar-refractivity contribution in [3.63, 3.8) is 0 Å². The number of benzene rings is 2. The van der Waals surface area contributed by atoms with Gasteiger partial charge >= 0.3 is 0 Å². The van der Waals surface area contributed by atoms with Gasteiger partial charge in [-0.3, -0.25) is 9.59 Å². The molecule has 130 valence electrons. The van der Waals surface area contributed by atoms with Crippen molar-refractivity contribution in [3.8, 4) is 0 Å². The van der Waals surface area contributed by atoms with Gasteiger partial charge in [0.05, 0.1) is 22.5 Å². The average Bonchev–Trinajstić information content (AvgIpc) is 3.09. The van der Waals surface area contributed by atoms with E-state index in [4.69, 9.17) is 0 Å². The number of hydrogen-bond acceptors (Lipinski definition) is 5. The van der Waals surface area contributed by atoms with Crippen LogP contribution in [0.3, 0.4) is 0 Å². The number of para-hydroxylation sites is 2. The fourth-order valence-corrected chi connectivity index (χ4v) is 2.80. The highest BCUT2D eigenvalue weighted by atomic mass is 16.2. The summed E-state index contributed by atoms with van der Waals surface area (Å²) in [6.07, 6.45) is 0. The van der Waals surface area contributed by atoms with Crippen LogP contribution in [0, 0.1) is 0 Å². The van der Waals surface area contributed by atoms with Gasteiger partial charge in [0.2, 0.25) is 5.91 Å². The lowest BCUT2D eigenvalue weighted by Gasteiger charge is -2.11. The Labute approximate surface area is 147 Å². The maximum atomic E-state index is 12.4. The van der Waals surface area contributed by atoms with Crippen LogP contribution < -0.4 is 10.9 Å². The summed E-state index contributed by atoms with van der Waals surface area (Å²) < 4.78 is 1.06. The molecule has 2 heterocycles. The van der Waals surface area contributed by atoms with E-state index in [2.05, 4.69) is 25.6 Å². The minimum absolute atomic E-state index is 0.207. The molecule has 8 heteroatoms. The molecule has 0 aliphatic carbocycles. The van der Waals surface area contributed by atoms with Crippen molar-refractivity contribution in [1.29, 1.82) is 0 Å². The number of fused-ring (bicyclic) bond motifs is 2. The highest BCUT2D eigenvalue weighted by Gasteiger charge is 2.15. The van der Waals surface area contributed by atoms with Crippen LogP contribution in [0.25, 0.3) is 21.9 Å². The zero-order chi connectivity index (χ0) is 18.1. The maximum absolute atomic E-state index is 12.4. The SMILES string of the molecule is C[C@@H](NC(=O)Cn1nnc2ccccc2c1=O)c1nc2ccccc2[nH]1. The second kappa shape index (κ2) is 6.40. The van der Waals surface area contributed by atoms with Crippen molar-refractivity contribution in [1.82, 2.24) is 30.3 Å². The lowest BCUT2D eigenvalue weighted by atomic mass is 10.2. The van der Waals surface area contributed by atoms with Crippen LogP contribution in [-0.2, 0) is 11.3 Å². The summed E-state index contributed by atoms with van der Waals surface area (Å²) in [5.74, 6) is 0.307. The van der Waals surface area contributed by atoms with Gasteiger partial charge in [0, 0.05) is 0 Å². The largest absolute Gasteiger partial charge is 0.345 e. The predicted molar refractivity (Wildman–Crippen MR) is 96.4 cm³/mol. The molecule has 0 bridgehead atoms. The number of aromatic nitrogens is 5. The summed E-state index contributed by atoms with van der Waals surface area (Å²) in [4.78, 5) is 32.4. The van der Waals surface area contributed by atoms with Crippen LogP contribution in [0.5, 0.6) is 0 Å². The monoisotopic (exact) mass is 348 g/mol. The van der Waals surface area contributed by atoms with Crippen molar-refractivity contribution < 1.29 is 4.79 Å². The first-order valence-electron chi connectivity index (χ1n) is 8.18. The third kappa shape index (κ3) is 2.92. The van der Waals surface area contributed by atoms with Crippen LogP contribution in [-0.4, -0.2) is 30.9 Å². The van der Waals surface area contributed by atoms with Crippen molar-refractivity contribution in [2.75, 3.05) is 0 Å².